The number of anilines is 1. The topological polar surface area (TPSA) is 75.1 Å². The Kier molecular flexibility index (Phi) is 4.25. The van der Waals surface area contributed by atoms with E-state index in [4.69, 9.17) is 5.11 Å². The van der Waals surface area contributed by atoms with Crippen LogP contribution in [0.4, 0.5) is 5.95 Å². The van der Waals surface area contributed by atoms with Gasteiger partial charge in [0.25, 0.3) is 0 Å². The number of fused-ring (bicyclic) bond motifs is 1. The number of rotatable bonds is 4. The van der Waals surface area contributed by atoms with Gasteiger partial charge >= 0.3 is 5.97 Å². The minimum Gasteiger partial charge on any atom is -0.480 e. The molecule has 3 aromatic rings. The van der Waals surface area contributed by atoms with Gasteiger partial charge in [0.1, 0.15) is 6.04 Å². The van der Waals surface area contributed by atoms with Gasteiger partial charge in [-0.15, -0.1) is 0 Å². The van der Waals surface area contributed by atoms with Gasteiger partial charge in [0.05, 0.1) is 11.2 Å². The molecule has 3 rings (SSSR count). The molecule has 1 aromatic heterocycles. The van der Waals surface area contributed by atoms with E-state index in [9.17, 15) is 4.79 Å². The second kappa shape index (κ2) is 6.34. The van der Waals surface area contributed by atoms with Gasteiger partial charge in [0.15, 0.2) is 0 Å². The summed E-state index contributed by atoms with van der Waals surface area (Å²) in [5, 5.41) is 12.8. The van der Waals surface area contributed by atoms with E-state index in [2.05, 4.69) is 31.2 Å². The molecule has 1 heterocycles. The lowest BCUT2D eigenvalue weighted by Gasteiger charge is -2.13. The third-order valence-electron chi connectivity index (χ3n) is 3.42. The number of benzene rings is 2. The van der Waals surface area contributed by atoms with Gasteiger partial charge < -0.3 is 10.4 Å². The number of carbonyl (C=O) groups is 1. The van der Waals surface area contributed by atoms with Crippen LogP contribution in [0.2, 0.25) is 0 Å². The molecule has 2 N–H and O–H groups in total. The van der Waals surface area contributed by atoms with Crippen LogP contribution in [0.5, 0.6) is 0 Å². The first-order chi connectivity index (χ1) is 11.0. The van der Waals surface area contributed by atoms with E-state index in [1.165, 1.54) is 0 Å². The van der Waals surface area contributed by atoms with Crippen LogP contribution in [0.25, 0.3) is 22.2 Å². The summed E-state index contributed by atoms with van der Waals surface area (Å²) in [6.07, 6.45) is 0. The van der Waals surface area contributed by atoms with Crippen molar-refractivity contribution in [3.8, 4) is 11.3 Å². The van der Waals surface area contributed by atoms with Gasteiger partial charge in [-0.25, -0.2) is 9.97 Å². The van der Waals surface area contributed by atoms with Crippen molar-refractivity contribution in [2.24, 2.45) is 0 Å². The molecule has 0 bridgehead atoms. The first kappa shape index (κ1) is 15.4. The van der Waals surface area contributed by atoms with Crippen LogP contribution < -0.4 is 5.32 Å². The Morgan fingerprint density at radius 1 is 1.17 bits per heavy atom. The standard InChI is InChI=1S/C17H14BrN3O2/c1-10(16(22)23)19-17-20-14-8-7-12(18)9-13(14)15(21-17)11-5-3-2-4-6-11/h2-10H,1H3,(H,22,23)(H,19,20,21)/t10-/m0/s1. The van der Waals surface area contributed by atoms with Crippen LogP contribution in [0.15, 0.2) is 53.0 Å². The number of hydrogen-bond acceptors (Lipinski definition) is 4. The van der Waals surface area contributed by atoms with E-state index < -0.39 is 12.0 Å². The average Bonchev–Trinajstić information content (AvgIpc) is 2.55. The summed E-state index contributed by atoms with van der Waals surface area (Å²) < 4.78 is 0.936. The molecule has 0 radical (unpaired) electrons. The highest BCUT2D eigenvalue weighted by molar-refractivity contribution is 9.10. The van der Waals surface area contributed by atoms with Crippen LogP contribution in [0, 0.1) is 0 Å². The van der Waals surface area contributed by atoms with E-state index in [1.54, 1.807) is 6.92 Å². The number of hydrogen-bond donors (Lipinski definition) is 2. The Hall–Kier alpha value is -2.47. The molecule has 116 valence electrons. The van der Waals surface area contributed by atoms with Crippen LogP contribution in [-0.4, -0.2) is 27.1 Å². The number of carboxylic acids is 1. The highest BCUT2D eigenvalue weighted by Crippen LogP contribution is 2.29. The molecule has 23 heavy (non-hydrogen) atoms. The third-order valence-corrected chi connectivity index (χ3v) is 3.91. The van der Waals surface area contributed by atoms with Crippen molar-refractivity contribution in [3.63, 3.8) is 0 Å². The minimum atomic E-state index is -0.953. The lowest BCUT2D eigenvalue weighted by Crippen LogP contribution is -2.26. The molecule has 0 aliphatic carbocycles. The number of nitrogens with zero attached hydrogens (tertiary/aromatic N) is 2. The summed E-state index contributed by atoms with van der Waals surface area (Å²) in [7, 11) is 0. The highest BCUT2D eigenvalue weighted by Gasteiger charge is 2.15. The van der Waals surface area contributed by atoms with E-state index in [-0.39, 0.29) is 0 Å². The SMILES string of the molecule is C[C@H](Nc1nc(-c2ccccc2)c2cc(Br)ccc2n1)C(=O)O. The van der Waals surface area contributed by atoms with Gasteiger partial charge in [-0.3, -0.25) is 4.79 Å². The summed E-state index contributed by atoms with van der Waals surface area (Å²) in [6, 6.07) is 14.7. The fraction of sp³-hybridized carbons (Fsp3) is 0.118. The zero-order valence-corrected chi connectivity index (χ0v) is 13.9. The van der Waals surface area contributed by atoms with Crippen molar-refractivity contribution >= 4 is 38.8 Å². The molecule has 0 aliphatic rings. The summed E-state index contributed by atoms with van der Waals surface area (Å²) in [5.74, 6) is -0.653. The normalized spacial score (nSPS) is 12.1. The molecule has 0 fully saturated rings. The number of carboxylic acid groups (broad SMARTS) is 1. The van der Waals surface area contributed by atoms with Crippen molar-refractivity contribution < 1.29 is 9.90 Å². The number of aliphatic carboxylic acids is 1. The Balaban J connectivity index is 2.18. The molecule has 0 unspecified atom stereocenters. The summed E-state index contributed by atoms with van der Waals surface area (Å²) in [4.78, 5) is 20.0. The number of nitrogens with one attached hydrogen (secondary N) is 1. The Labute approximate surface area is 141 Å². The van der Waals surface area contributed by atoms with Gasteiger partial charge in [0, 0.05) is 15.4 Å². The maximum Gasteiger partial charge on any atom is 0.325 e. The highest BCUT2D eigenvalue weighted by atomic mass is 79.9. The minimum absolute atomic E-state index is 0.300. The van der Waals surface area contributed by atoms with Crippen LogP contribution >= 0.6 is 15.9 Å². The van der Waals surface area contributed by atoms with Crippen LogP contribution in [0.1, 0.15) is 6.92 Å². The van der Waals surface area contributed by atoms with Crippen molar-refractivity contribution in [2.75, 3.05) is 5.32 Å². The van der Waals surface area contributed by atoms with Crippen molar-refractivity contribution in [1.29, 1.82) is 0 Å². The van der Waals surface area contributed by atoms with Crippen molar-refractivity contribution in [1.82, 2.24) is 9.97 Å². The summed E-state index contributed by atoms with van der Waals surface area (Å²) in [5.41, 5.74) is 2.46. The molecule has 0 aliphatic heterocycles. The Morgan fingerprint density at radius 2 is 1.91 bits per heavy atom. The summed E-state index contributed by atoms with van der Waals surface area (Å²) >= 11 is 3.47. The Bertz CT molecular complexity index is 868. The average molecular weight is 372 g/mol. The Morgan fingerprint density at radius 3 is 2.61 bits per heavy atom. The van der Waals surface area contributed by atoms with E-state index in [1.807, 2.05) is 48.5 Å². The maximum atomic E-state index is 11.0. The molecule has 6 heteroatoms. The molecule has 0 spiro atoms. The van der Waals surface area contributed by atoms with E-state index >= 15 is 0 Å². The lowest BCUT2D eigenvalue weighted by molar-refractivity contribution is -0.137. The molecule has 5 nitrogen and oxygen atoms in total. The van der Waals surface area contributed by atoms with Crippen molar-refractivity contribution in [3.05, 3.63) is 53.0 Å². The first-order valence-electron chi connectivity index (χ1n) is 7.06. The quantitative estimate of drug-likeness (QED) is 0.726. The fourth-order valence-electron chi connectivity index (χ4n) is 2.24. The molecule has 0 saturated carbocycles. The van der Waals surface area contributed by atoms with E-state index in [0.29, 0.717) is 5.95 Å². The van der Waals surface area contributed by atoms with Crippen LogP contribution in [-0.2, 0) is 4.79 Å². The molecular formula is C17H14BrN3O2. The smallest absolute Gasteiger partial charge is 0.325 e. The van der Waals surface area contributed by atoms with Gasteiger partial charge in [-0.05, 0) is 25.1 Å². The predicted octanol–water partition coefficient (Wildman–Crippen LogP) is 3.94. The molecule has 0 saturated heterocycles. The second-order valence-corrected chi connectivity index (χ2v) is 6.04. The largest absolute Gasteiger partial charge is 0.480 e. The van der Waals surface area contributed by atoms with Gasteiger partial charge in [0.2, 0.25) is 5.95 Å². The van der Waals surface area contributed by atoms with Gasteiger partial charge in [-0.1, -0.05) is 46.3 Å². The van der Waals surface area contributed by atoms with E-state index in [0.717, 1.165) is 26.6 Å². The predicted molar refractivity (Wildman–Crippen MR) is 93.4 cm³/mol. The van der Waals surface area contributed by atoms with Crippen LogP contribution in [0.3, 0.4) is 0 Å². The number of aromatic nitrogens is 2. The summed E-state index contributed by atoms with van der Waals surface area (Å²) in [6.45, 7) is 1.56. The van der Waals surface area contributed by atoms with Gasteiger partial charge in [-0.2, -0.15) is 0 Å². The second-order valence-electron chi connectivity index (χ2n) is 5.13. The fourth-order valence-corrected chi connectivity index (χ4v) is 2.60. The molecule has 1 atom stereocenters. The lowest BCUT2D eigenvalue weighted by atomic mass is 10.1. The van der Waals surface area contributed by atoms with Crippen molar-refractivity contribution in [2.45, 2.75) is 13.0 Å². The zero-order valence-electron chi connectivity index (χ0n) is 12.3. The number of halogens is 1. The molecule has 0 amide bonds. The zero-order chi connectivity index (χ0) is 16.4. The maximum absolute atomic E-state index is 11.0. The molecule has 2 aromatic carbocycles. The third kappa shape index (κ3) is 3.32. The first-order valence-corrected chi connectivity index (χ1v) is 7.86. The molecular weight excluding hydrogens is 358 g/mol. The monoisotopic (exact) mass is 371 g/mol.